The van der Waals surface area contributed by atoms with Crippen LogP contribution >= 0.6 is 47.0 Å². The Morgan fingerprint density at radius 1 is 1.22 bits per heavy atom. The summed E-state index contributed by atoms with van der Waals surface area (Å²) in [6.45, 7) is 3.15. The normalized spacial score (nSPS) is 19.0. The van der Waals surface area contributed by atoms with Gasteiger partial charge in [0, 0.05) is 24.6 Å². The Morgan fingerprint density at radius 2 is 2.09 bits per heavy atom. The number of nitrogens with zero attached hydrogens (tertiary/aromatic N) is 4. The third kappa shape index (κ3) is 5.49. The van der Waals surface area contributed by atoms with E-state index in [1.165, 1.54) is 46.0 Å². The number of hydrogen-bond acceptors (Lipinski definition) is 8. The van der Waals surface area contributed by atoms with Crippen LogP contribution in [0.4, 0.5) is 0 Å². The zero-order valence-corrected chi connectivity index (χ0v) is 16.6. The molecular formula is C15H22N4S4. The Balaban J connectivity index is 1.39. The molecule has 2 aliphatic heterocycles. The highest BCUT2D eigenvalue weighted by molar-refractivity contribution is 8.39. The van der Waals surface area contributed by atoms with Gasteiger partial charge in [0.05, 0.1) is 18.3 Å². The van der Waals surface area contributed by atoms with Crippen molar-refractivity contribution < 1.29 is 0 Å². The van der Waals surface area contributed by atoms with E-state index < -0.39 is 0 Å². The minimum atomic E-state index is 0.995. The number of rotatable bonds is 7. The van der Waals surface area contributed by atoms with Crippen LogP contribution in [0.25, 0.3) is 5.57 Å². The van der Waals surface area contributed by atoms with Crippen molar-refractivity contribution in [2.45, 2.75) is 24.3 Å². The van der Waals surface area contributed by atoms with Gasteiger partial charge in [-0.25, -0.2) is 0 Å². The van der Waals surface area contributed by atoms with E-state index in [0.29, 0.717) is 0 Å². The quantitative estimate of drug-likeness (QED) is 0.522. The van der Waals surface area contributed by atoms with Gasteiger partial charge in [-0.1, -0.05) is 29.6 Å². The summed E-state index contributed by atoms with van der Waals surface area (Å²) in [4.78, 5) is 6.83. The minimum absolute atomic E-state index is 0.995. The molecule has 0 unspecified atom stereocenters. The SMILES string of the molecule is CN1CCC=C(c2nsnc2SCCCCSC2=NCCS2)C1. The predicted octanol–water partition coefficient (Wildman–Crippen LogP) is 3.97. The number of thioether (sulfide) groups is 3. The molecule has 0 atom stereocenters. The predicted molar refractivity (Wildman–Crippen MR) is 107 cm³/mol. The second kappa shape index (κ2) is 9.46. The zero-order chi connectivity index (χ0) is 15.9. The molecule has 0 N–H and O–H groups in total. The maximum absolute atomic E-state index is 4.53. The summed E-state index contributed by atoms with van der Waals surface area (Å²) in [6.07, 6.45) is 5.92. The van der Waals surface area contributed by atoms with Crippen molar-refractivity contribution in [1.29, 1.82) is 0 Å². The van der Waals surface area contributed by atoms with E-state index in [9.17, 15) is 0 Å². The molecule has 0 fully saturated rings. The van der Waals surface area contributed by atoms with Crippen LogP contribution in [0.5, 0.6) is 0 Å². The lowest BCUT2D eigenvalue weighted by atomic mass is 10.1. The molecule has 1 aromatic rings. The Kier molecular flexibility index (Phi) is 7.32. The first-order chi connectivity index (χ1) is 11.3. The summed E-state index contributed by atoms with van der Waals surface area (Å²) in [7, 11) is 2.17. The molecule has 0 amide bonds. The molecule has 1 aromatic heterocycles. The van der Waals surface area contributed by atoms with Crippen LogP contribution in [-0.2, 0) is 0 Å². The van der Waals surface area contributed by atoms with Crippen LogP contribution in [0.15, 0.2) is 16.1 Å². The first-order valence-corrected chi connectivity index (χ1v) is 11.6. The molecule has 8 heteroatoms. The average Bonchev–Trinajstić information content (AvgIpc) is 3.22. The van der Waals surface area contributed by atoms with Gasteiger partial charge >= 0.3 is 0 Å². The third-order valence-electron chi connectivity index (χ3n) is 3.67. The van der Waals surface area contributed by atoms with Gasteiger partial charge in [-0.2, -0.15) is 8.75 Å². The fourth-order valence-corrected chi connectivity index (χ4v) is 6.26. The molecule has 0 saturated heterocycles. The highest BCUT2D eigenvalue weighted by Gasteiger charge is 2.17. The molecule has 126 valence electrons. The molecule has 0 saturated carbocycles. The second-order valence-electron chi connectivity index (χ2n) is 5.57. The van der Waals surface area contributed by atoms with E-state index in [-0.39, 0.29) is 0 Å². The highest BCUT2D eigenvalue weighted by atomic mass is 32.2. The van der Waals surface area contributed by atoms with Crippen LogP contribution < -0.4 is 0 Å². The maximum Gasteiger partial charge on any atom is 0.138 e. The van der Waals surface area contributed by atoms with Gasteiger partial charge in [0.2, 0.25) is 0 Å². The molecular weight excluding hydrogens is 364 g/mol. The molecule has 3 rings (SSSR count). The standard InChI is InChI=1S/C15H22N4S4/c1-19-7-4-5-12(11-19)13-14(18-23-17-13)20-8-2-3-9-21-15-16-6-10-22-15/h5H,2-4,6-11H2,1H3. The van der Waals surface area contributed by atoms with Crippen LogP contribution in [0, 0.1) is 0 Å². The van der Waals surface area contributed by atoms with Gasteiger partial charge in [-0.05, 0) is 37.6 Å². The topological polar surface area (TPSA) is 41.4 Å². The zero-order valence-electron chi connectivity index (χ0n) is 13.4. The Labute approximate surface area is 155 Å². The summed E-state index contributed by atoms with van der Waals surface area (Å²) < 4.78 is 10.3. The number of likely N-dealkylation sites (N-methyl/N-ethyl adjacent to an activating group) is 1. The van der Waals surface area contributed by atoms with E-state index in [4.69, 9.17) is 0 Å². The lowest BCUT2D eigenvalue weighted by Gasteiger charge is -2.22. The highest BCUT2D eigenvalue weighted by Crippen LogP contribution is 2.29. The average molecular weight is 387 g/mol. The second-order valence-corrected chi connectivity index (χ2v) is 9.61. The lowest BCUT2D eigenvalue weighted by Crippen LogP contribution is -2.25. The van der Waals surface area contributed by atoms with Crippen molar-refractivity contribution in [1.82, 2.24) is 13.6 Å². The number of aromatic nitrogens is 2. The molecule has 3 heterocycles. The van der Waals surface area contributed by atoms with Gasteiger partial charge in [-0.15, -0.1) is 11.8 Å². The van der Waals surface area contributed by atoms with Crippen molar-refractivity contribution >= 4 is 57.0 Å². The third-order valence-corrected chi connectivity index (χ3v) is 7.70. The lowest BCUT2D eigenvalue weighted by molar-refractivity contribution is 0.372. The first kappa shape index (κ1) is 17.8. The van der Waals surface area contributed by atoms with Gasteiger partial charge < -0.3 is 4.90 Å². The van der Waals surface area contributed by atoms with Gasteiger partial charge in [0.15, 0.2) is 0 Å². The Morgan fingerprint density at radius 3 is 2.87 bits per heavy atom. The monoisotopic (exact) mass is 386 g/mol. The van der Waals surface area contributed by atoms with E-state index in [1.54, 1.807) is 0 Å². The molecule has 0 bridgehead atoms. The van der Waals surface area contributed by atoms with E-state index in [2.05, 4.69) is 31.8 Å². The minimum Gasteiger partial charge on any atom is -0.302 e. The van der Waals surface area contributed by atoms with Crippen LogP contribution in [0.3, 0.4) is 0 Å². The Hall–Kier alpha value is -0.0200. The van der Waals surface area contributed by atoms with Gasteiger partial charge in [0.25, 0.3) is 0 Å². The van der Waals surface area contributed by atoms with Crippen molar-refractivity contribution in [2.24, 2.45) is 4.99 Å². The molecule has 4 nitrogen and oxygen atoms in total. The van der Waals surface area contributed by atoms with E-state index >= 15 is 0 Å². The van der Waals surface area contributed by atoms with Crippen molar-refractivity contribution in [2.75, 3.05) is 43.9 Å². The Bertz CT molecular complexity index is 570. The summed E-state index contributed by atoms with van der Waals surface area (Å²) in [5.41, 5.74) is 2.47. The molecule has 0 aromatic carbocycles. The van der Waals surface area contributed by atoms with Gasteiger partial charge in [0.1, 0.15) is 15.1 Å². The number of unbranched alkanes of at least 4 members (excludes halogenated alkanes) is 1. The molecule has 0 aliphatic carbocycles. The summed E-state index contributed by atoms with van der Waals surface area (Å²) in [6, 6.07) is 0. The molecule has 23 heavy (non-hydrogen) atoms. The van der Waals surface area contributed by atoms with Crippen LogP contribution in [0.2, 0.25) is 0 Å². The molecule has 0 spiro atoms. The summed E-state index contributed by atoms with van der Waals surface area (Å²) >= 11 is 7.03. The number of aliphatic imine (C=N–C) groups is 1. The van der Waals surface area contributed by atoms with E-state index in [1.807, 2.05) is 35.3 Å². The number of hydrogen-bond donors (Lipinski definition) is 0. The van der Waals surface area contributed by atoms with Crippen LogP contribution in [-0.4, -0.2) is 62.0 Å². The van der Waals surface area contributed by atoms with Crippen molar-refractivity contribution in [3.63, 3.8) is 0 Å². The fourth-order valence-electron chi connectivity index (χ4n) is 2.47. The molecule has 2 aliphatic rings. The van der Waals surface area contributed by atoms with Crippen molar-refractivity contribution in [3.05, 3.63) is 11.8 Å². The fraction of sp³-hybridized carbons (Fsp3) is 0.667. The maximum atomic E-state index is 4.53. The summed E-state index contributed by atoms with van der Waals surface area (Å²) in [5.74, 6) is 3.48. The molecule has 0 radical (unpaired) electrons. The summed E-state index contributed by atoms with van der Waals surface area (Å²) in [5, 5.41) is 1.12. The van der Waals surface area contributed by atoms with Crippen LogP contribution in [0.1, 0.15) is 25.0 Å². The first-order valence-electron chi connectivity index (χ1n) is 7.96. The largest absolute Gasteiger partial charge is 0.302 e. The van der Waals surface area contributed by atoms with Gasteiger partial charge in [-0.3, -0.25) is 4.99 Å². The van der Waals surface area contributed by atoms with Crippen molar-refractivity contribution in [3.8, 4) is 0 Å². The smallest absolute Gasteiger partial charge is 0.138 e. The van der Waals surface area contributed by atoms with E-state index in [0.717, 1.165) is 42.5 Å².